The normalized spacial score (nSPS) is 17.0. The van der Waals surface area contributed by atoms with Crippen LogP contribution in [0.3, 0.4) is 0 Å². The molecule has 1 aromatic carbocycles. The Labute approximate surface area is 186 Å². The Morgan fingerprint density at radius 3 is 2.59 bits per heavy atom. The topological polar surface area (TPSA) is 62.7 Å². The van der Waals surface area contributed by atoms with Gasteiger partial charge in [-0.1, -0.05) is 23.4 Å². The van der Waals surface area contributed by atoms with Crippen LogP contribution in [0, 0.1) is 0 Å². The summed E-state index contributed by atoms with van der Waals surface area (Å²) in [6, 6.07) is 8.00. The lowest BCUT2D eigenvalue weighted by atomic mass is 10.2. The molecule has 1 saturated heterocycles. The molecule has 0 spiro atoms. The average Bonchev–Trinajstić information content (AvgIpc) is 3.24. The Hall–Kier alpha value is -1.13. The monoisotopic (exact) mass is 518 g/mol. The summed E-state index contributed by atoms with van der Waals surface area (Å²) in [5, 5.41) is 1.90. The number of hydrogen-bond donors (Lipinski definition) is 1. The predicted molar refractivity (Wildman–Crippen MR) is 124 cm³/mol. The Balaban J connectivity index is 0.00000210. The van der Waals surface area contributed by atoms with Crippen molar-refractivity contribution in [2.45, 2.75) is 18.1 Å². The summed E-state index contributed by atoms with van der Waals surface area (Å²) in [5.41, 5.74) is 8.51. The van der Waals surface area contributed by atoms with Gasteiger partial charge in [0.2, 0.25) is 0 Å². The van der Waals surface area contributed by atoms with Gasteiger partial charge in [0, 0.05) is 68.3 Å². The molecule has 27 heavy (non-hydrogen) atoms. The van der Waals surface area contributed by atoms with Crippen molar-refractivity contribution in [3.8, 4) is 0 Å². The molecular formula is C18H24ClIN6S. The Morgan fingerprint density at radius 1 is 1.15 bits per heavy atom. The van der Waals surface area contributed by atoms with E-state index in [0.717, 1.165) is 60.8 Å². The highest BCUT2D eigenvalue weighted by atomic mass is 127. The fraction of sp³-hybridized carbons (Fsp3) is 0.444. The molecule has 1 fully saturated rings. The van der Waals surface area contributed by atoms with Gasteiger partial charge in [0.15, 0.2) is 11.1 Å². The molecule has 1 aromatic heterocycles. The molecule has 2 aliphatic rings. The van der Waals surface area contributed by atoms with Crippen LogP contribution >= 0.6 is 47.3 Å². The second-order valence-electron chi connectivity index (χ2n) is 6.50. The highest BCUT2D eigenvalue weighted by molar-refractivity contribution is 14.0. The van der Waals surface area contributed by atoms with Gasteiger partial charge in [-0.05, 0) is 24.3 Å². The first-order chi connectivity index (χ1) is 12.7. The molecular weight excluding hydrogens is 495 g/mol. The highest BCUT2D eigenvalue weighted by Gasteiger charge is 2.18. The molecule has 0 amide bonds. The van der Waals surface area contributed by atoms with Crippen molar-refractivity contribution in [2.75, 3.05) is 43.4 Å². The van der Waals surface area contributed by atoms with Crippen LogP contribution in [0.2, 0.25) is 5.02 Å². The van der Waals surface area contributed by atoms with Crippen LogP contribution in [0.4, 0.5) is 5.69 Å². The maximum atomic E-state index is 6.20. The number of aromatic nitrogens is 2. The van der Waals surface area contributed by atoms with Gasteiger partial charge in [-0.15, -0.1) is 24.0 Å². The minimum absolute atomic E-state index is 0. The molecule has 6 nitrogen and oxygen atoms in total. The molecule has 2 aliphatic heterocycles. The lowest BCUT2D eigenvalue weighted by molar-refractivity contribution is 0.381. The van der Waals surface area contributed by atoms with Crippen molar-refractivity contribution in [2.24, 2.45) is 10.7 Å². The van der Waals surface area contributed by atoms with E-state index in [1.165, 1.54) is 5.69 Å². The largest absolute Gasteiger partial charge is 0.370 e. The van der Waals surface area contributed by atoms with E-state index in [9.17, 15) is 0 Å². The minimum Gasteiger partial charge on any atom is -0.370 e. The summed E-state index contributed by atoms with van der Waals surface area (Å²) < 4.78 is 2.23. The number of fused-ring (bicyclic) bond motifs is 1. The van der Waals surface area contributed by atoms with E-state index in [4.69, 9.17) is 17.3 Å². The maximum Gasteiger partial charge on any atom is 0.191 e. The average molecular weight is 519 g/mol. The van der Waals surface area contributed by atoms with Gasteiger partial charge in [0.05, 0.1) is 5.69 Å². The second-order valence-corrected chi connectivity index (χ2v) is 8.00. The van der Waals surface area contributed by atoms with E-state index < -0.39 is 0 Å². The first-order valence-corrected chi connectivity index (χ1v) is 10.3. The van der Waals surface area contributed by atoms with Crippen LogP contribution < -0.4 is 10.6 Å². The maximum absolute atomic E-state index is 6.20. The molecule has 4 rings (SSSR count). The summed E-state index contributed by atoms with van der Waals surface area (Å²) >= 11 is 7.78. The zero-order valence-electron chi connectivity index (χ0n) is 15.1. The number of anilines is 1. The van der Waals surface area contributed by atoms with Crippen LogP contribution in [-0.4, -0.2) is 58.9 Å². The van der Waals surface area contributed by atoms with E-state index in [2.05, 4.69) is 42.7 Å². The van der Waals surface area contributed by atoms with E-state index in [1.54, 1.807) is 0 Å². The second kappa shape index (κ2) is 9.38. The molecule has 2 aromatic rings. The third-order valence-electron chi connectivity index (χ3n) is 4.79. The van der Waals surface area contributed by atoms with Gasteiger partial charge >= 0.3 is 0 Å². The van der Waals surface area contributed by atoms with E-state index in [-0.39, 0.29) is 24.0 Å². The third kappa shape index (κ3) is 5.03. The summed E-state index contributed by atoms with van der Waals surface area (Å²) in [5.74, 6) is 1.78. The SMILES string of the molecule is I.NC(=NCCc1cn2c(n1)SCC2)N1CCN(c2ccc(Cl)cc2)CC1. The number of nitrogens with zero attached hydrogens (tertiary/aromatic N) is 5. The van der Waals surface area contributed by atoms with Gasteiger partial charge in [-0.25, -0.2) is 4.98 Å². The summed E-state index contributed by atoms with van der Waals surface area (Å²) in [7, 11) is 0. The Kier molecular flexibility index (Phi) is 7.16. The Bertz CT molecular complexity index is 764. The van der Waals surface area contributed by atoms with Crippen molar-refractivity contribution in [1.82, 2.24) is 14.5 Å². The zero-order chi connectivity index (χ0) is 17.9. The molecule has 0 aliphatic carbocycles. The number of halogens is 2. The van der Waals surface area contributed by atoms with Crippen molar-refractivity contribution < 1.29 is 0 Å². The number of piperazine rings is 1. The quantitative estimate of drug-likeness (QED) is 0.383. The fourth-order valence-electron chi connectivity index (χ4n) is 3.31. The molecule has 0 atom stereocenters. The number of guanidine groups is 1. The number of benzene rings is 1. The summed E-state index contributed by atoms with van der Waals surface area (Å²) in [6.07, 6.45) is 2.98. The van der Waals surface area contributed by atoms with Crippen LogP contribution in [0.25, 0.3) is 0 Å². The molecule has 0 unspecified atom stereocenters. The minimum atomic E-state index is 0. The lowest BCUT2D eigenvalue weighted by Gasteiger charge is -2.36. The third-order valence-corrected chi connectivity index (χ3v) is 6.01. The van der Waals surface area contributed by atoms with Crippen LogP contribution in [0.1, 0.15) is 5.69 Å². The number of aryl methyl sites for hydroxylation is 1. The van der Waals surface area contributed by atoms with Crippen LogP contribution in [0.5, 0.6) is 0 Å². The number of aliphatic imine (C=N–C) groups is 1. The van der Waals surface area contributed by atoms with Gasteiger partial charge in [-0.3, -0.25) is 4.99 Å². The van der Waals surface area contributed by atoms with E-state index in [0.29, 0.717) is 12.5 Å². The molecule has 2 N–H and O–H groups in total. The van der Waals surface area contributed by atoms with Gasteiger partial charge in [0.1, 0.15) is 0 Å². The molecule has 0 bridgehead atoms. The van der Waals surface area contributed by atoms with E-state index in [1.807, 2.05) is 23.9 Å². The summed E-state index contributed by atoms with van der Waals surface area (Å²) in [6.45, 7) is 5.38. The van der Waals surface area contributed by atoms with Crippen molar-refractivity contribution >= 4 is 59.0 Å². The Morgan fingerprint density at radius 2 is 1.89 bits per heavy atom. The molecule has 9 heteroatoms. The summed E-state index contributed by atoms with van der Waals surface area (Å²) in [4.78, 5) is 13.7. The van der Waals surface area contributed by atoms with Crippen molar-refractivity contribution in [1.29, 1.82) is 0 Å². The smallest absolute Gasteiger partial charge is 0.191 e. The molecule has 146 valence electrons. The van der Waals surface area contributed by atoms with Gasteiger partial charge in [0.25, 0.3) is 0 Å². The number of thioether (sulfide) groups is 1. The van der Waals surface area contributed by atoms with Crippen molar-refractivity contribution in [3.05, 3.63) is 41.2 Å². The molecule has 0 saturated carbocycles. The van der Waals surface area contributed by atoms with Crippen molar-refractivity contribution in [3.63, 3.8) is 0 Å². The fourth-order valence-corrected chi connectivity index (χ4v) is 4.40. The number of imidazole rings is 1. The van der Waals surface area contributed by atoms with Crippen LogP contribution in [0.15, 0.2) is 40.6 Å². The number of rotatable bonds is 4. The highest BCUT2D eigenvalue weighted by Crippen LogP contribution is 2.24. The van der Waals surface area contributed by atoms with Crippen LogP contribution in [-0.2, 0) is 13.0 Å². The standard InChI is InChI=1S/C18H23ClN6S.HI/c19-14-1-3-16(4-2-14)23-7-9-24(10-8-23)17(20)21-6-5-15-13-25-11-12-26-18(25)22-15;/h1-4,13H,5-12H2,(H2,20,21);1H. The zero-order valence-corrected chi connectivity index (χ0v) is 19.0. The van der Waals surface area contributed by atoms with E-state index >= 15 is 0 Å². The molecule has 0 radical (unpaired) electrons. The number of hydrogen-bond acceptors (Lipinski definition) is 4. The first kappa shape index (κ1) is 20.6. The first-order valence-electron chi connectivity index (χ1n) is 8.93. The van der Waals surface area contributed by atoms with Gasteiger partial charge in [-0.2, -0.15) is 0 Å². The lowest BCUT2D eigenvalue weighted by Crippen LogP contribution is -2.51. The number of nitrogens with two attached hydrogens (primary N) is 1. The predicted octanol–water partition coefficient (Wildman–Crippen LogP) is 2.94. The molecule has 3 heterocycles. The van der Waals surface area contributed by atoms with Gasteiger partial charge < -0.3 is 20.1 Å².